The van der Waals surface area contributed by atoms with E-state index in [-0.39, 0.29) is 39.8 Å². The lowest BCUT2D eigenvalue weighted by Crippen LogP contribution is -2.68. The van der Waals surface area contributed by atoms with Gasteiger partial charge in [-0.15, -0.1) is 21.5 Å². The number of aryl methyl sites for hydroxylation is 1. The van der Waals surface area contributed by atoms with Crippen LogP contribution in [0.5, 0.6) is 0 Å². The molecule has 37 heavy (non-hydrogen) atoms. The third kappa shape index (κ3) is 4.78. The molecule has 10 nitrogen and oxygen atoms in total. The number of aliphatic hydroxyl groups excluding tert-OH is 1. The van der Waals surface area contributed by atoms with Gasteiger partial charge < -0.3 is 25.3 Å². The van der Waals surface area contributed by atoms with Crippen LogP contribution in [0.25, 0.3) is 11.4 Å². The van der Waals surface area contributed by atoms with Crippen LogP contribution in [0.2, 0.25) is 10.2 Å². The maximum atomic E-state index is 13.9. The number of halogens is 5. The molecular weight excluding hydrogens is 558 g/mol. The Bertz CT molecular complexity index is 1350. The Morgan fingerprint density at radius 3 is 2.70 bits per heavy atom. The highest BCUT2D eigenvalue weighted by molar-refractivity contribution is 7.11. The van der Waals surface area contributed by atoms with Gasteiger partial charge in [0.15, 0.2) is 5.82 Å². The van der Waals surface area contributed by atoms with Crippen LogP contribution in [0.3, 0.4) is 0 Å². The molecule has 2 fully saturated rings. The van der Waals surface area contributed by atoms with E-state index < -0.39 is 42.2 Å². The molecule has 16 heteroatoms. The predicted molar refractivity (Wildman–Crippen MR) is 129 cm³/mol. The Balaban J connectivity index is 1.53. The second kappa shape index (κ2) is 9.69. The highest BCUT2D eigenvalue weighted by Gasteiger charge is 2.54. The van der Waals surface area contributed by atoms with Crippen LogP contribution in [0.1, 0.15) is 28.3 Å². The fourth-order valence-electron chi connectivity index (χ4n) is 4.40. The van der Waals surface area contributed by atoms with E-state index in [4.69, 9.17) is 44.3 Å². The number of nitrogens with two attached hydrogens (primary N) is 2. The van der Waals surface area contributed by atoms with Crippen molar-refractivity contribution in [1.29, 1.82) is 0 Å². The molecule has 2 aromatic heterocycles. The topological polar surface area (TPSA) is 138 Å². The Morgan fingerprint density at radius 1 is 1.32 bits per heavy atom. The summed E-state index contributed by atoms with van der Waals surface area (Å²) >= 11 is 13.1. The van der Waals surface area contributed by atoms with E-state index in [0.717, 1.165) is 18.2 Å². The Morgan fingerprint density at radius 2 is 2.08 bits per heavy atom. The van der Waals surface area contributed by atoms with Gasteiger partial charge in [-0.2, -0.15) is 13.2 Å². The zero-order valence-electron chi connectivity index (χ0n) is 18.9. The molecule has 5 rings (SSSR count). The predicted octanol–water partition coefficient (Wildman–Crippen LogP) is 3.06. The van der Waals surface area contributed by atoms with Crippen molar-refractivity contribution in [3.63, 3.8) is 0 Å². The molecule has 5 unspecified atom stereocenters. The standard InChI is InChI=1S/C21H20Cl2F3N7O3S/c1-8-30-31-19(33(8)12-4-9(22)2-3-10(12)21(24,25)26)18-16(34)15(17-13(36-18)6-35-17)32(28)5-11(27)20-29-14(23)7-37-20/h2-5,7,13,15-18,34H,6,27-28H2,1H3/b11-5-. The van der Waals surface area contributed by atoms with Crippen molar-refractivity contribution in [2.24, 2.45) is 11.6 Å². The van der Waals surface area contributed by atoms with Gasteiger partial charge in [0.05, 0.1) is 23.6 Å². The normalized spacial score (nSPS) is 26.1. The van der Waals surface area contributed by atoms with Gasteiger partial charge in [0, 0.05) is 16.6 Å². The second-order valence-corrected chi connectivity index (χ2v) is 10.2. The summed E-state index contributed by atoms with van der Waals surface area (Å²) < 4.78 is 54.4. The fraction of sp³-hybridized carbons (Fsp3) is 0.381. The van der Waals surface area contributed by atoms with Gasteiger partial charge in [0.25, 0.3) is 0 Å². The van der Waals surface area contributed by atoms with Crippen LogP contribution in [0, 0.1) is 6.92 Å². The lowest BCUT2D eigenvalue weighted by Gasteiger charge is -2.52. The van der Waals surface area contributed by atoms with Gasteiger partial charge in [-0.3, -0.25) is 4.57 Å². The number of alkyl halides is 3. The molecule has 0 bridgehead atoms. The molecular formula is C21H20Cl2F3N7O3S. The molecule has 0 amide bonds. The first kappa shape index (κ1) is 26.2. The zero-order valence-corrected chi connectivity index (χ0v) is 21.3. The van der Waals surface area contributed by atoms with E-state index in [9.17, 15) is 18.3 Å². The summed E-state index contributed by atoms with van der Waals surface area (Å²) in [6.07, 6.45) is -7.06. The minimum atomic E-state index is -4.69. The van der Waals surface area contributed by atoms with E-state index in [1.54, 1.807) is 5.38 Å². The monoisotopic (exact) mass is 577 g/mol. The molecule has 0 saturated carbocycles. The van der Waals surface area contributed by atoms with Crippen LogP contribution in [0.15, 0.2) is 29.8 Å². The Labute approximate surface area is 222 Å². The molecule has 4 heterocycles. The lowest BCUT2D eigenvalue weighted by atomic mass is 9.88. The molecule has 2 saturated heterocycles. The van der Waals surface area contributed by atoms with E-state index in [0.29, 0.717) is 5.01 Å². The number of fused-ring (bicyclic) bond motifs is 1. The maximum Gasteiger partial charge on any atom is 0.418 e. The molecule has 2 aliphatic rings. The number of aromatic nitrogens is 4. The molecule has 5 N–H and O–H groups in total. The summed E-state index contributed by atoms with van der Waals surface area (Å²) in [5, 5.41) is 22.9. The number of thiazole rings is 1. The van der Waals surface area contributed by atoms with Crippen LogP contribution in [0.4, 0.5) is 13.2 Å². The fourth-order valence-corrected chi connectivity index (χ4v) is 5.44. The minimum Gasteiger partial charge on any atom is -0.395 e. The van der Waals surface area contributed by atoms with Gasteiger partial charge in [-0.05, 0) is 25.1 Å². The summed E-state index contributed by atoms with van der Waals surface area (Å²) in [5.41, 5.74) is 5.05. The first-order valence-electron chi connectivity index (χ1n) is 10.8. The number of aliphatic hydroxyl groups is 1. The number of ether oxygens (including phenoxy) is 2. The van der Waals surface area contributed by atoms with Crippen molar-refractivity contribution in [1.82, 2.24) is 24.8 Å². The number of hydrogen-bond acceptors (Lipinski definition) is 10. The quantitative estimate of drug-likeness (QED) is 0.308. The first-order chi connectivity index (χ1) is 17.5. The average Bonchev–Trinajstić information content (AvgIpc) is 3.40. The SMILES string of the molecule is Cc1nnc(C2OC3COC3C(N(N)/C=C(\N)c3nc(Cl)cs3)C2O)n1-c1cc(Cl)ccc1C(F)(F)F. The summed E-state index contributed by atoms with van der Waals surface area (Å²) in [6.45, 7) is 1.68. The Kier molecular flexibility index (Phi) is 6.85. The number of rotatable bonds is 5. The van der Waals surface area contributed by atoms with Crippen LogP contribution < -0.4 is 11.6 Å². The molecule has 3 aromatic rings. The van der Waals surface area contributed by atoms with Crippen LogP contribution in [-0.2, 0) is 15.7 Å². The van der Waals surface area contributed by atoms with E-state index in [1.807, 2.05) is 0 Å². The molecule has 0 spiro atoms. The van der Waals surface area contributed by atoms with Gasteiger partial charge in [-0.1, -0.05) is 23.2 Å². The van der Waals surface area contributed by atoms with Gasteiger partial charge >= 0.3 is 6.18 Å². The highest BCUT2D eigenvalue weighted by Crippen LogP contribution is 2.42. The molecule has 198 valence electrons. The molecule has 0 radical (unpaired) electrons. The number of hydrogen-bond donors (Lipinski definition) is 3. The third-order valence-corrected chi connectivity index (χ3v) is 7.55. The average molecular weight is 578 g/mol. The van der Waals surface area contributed by atoms with Crippen molar-refractivity contribution in [2.45, 2.75) is 43.6 Å². The molecule has 0 aliphatic carbocycles. The van der Waals surface area contributed by atoms with Gasteiger partial charge in [0.2, 0.25) is 0 Å². The van der Waals surface area contributed by atoms with Crippen molar-refractivity contribution >= 4 is 40.2 Å². The van der Waals surface area contributed by atoms with E-state index >= 15 is 0 Å². The highest BCUT2D eigenvalue weighted by atomic mass is 35.5. The van der Waals surface area contributed by atoms with Crippen molar-refractivity contribution in [3.8, 4) is 5.69 Å². The lowest BCUT2D eigenvalue weighted by molar-refractivity contribution is -0.290. The van der Waals surface area contributed by atoms with Crippen LogP contribution >= 0.6 is 34.5 Å². The van der Waals surface area contributed by atoms with Gasteiger partial charge in [-0.25, -0.2) is 10.8 Å². The van der Waals surface area contributed by atoms with Crippen LogP contribution in [-0.4, -0.2) is 60.8 Å². The smallest absolute Gasteiger partial charge is 0.395 e. The second-order valence-electron chi connectivity index (χ2n) is 8.48. The van der Waals surface area contributed by atoms with Crippen molar-refractivity contribution < 1.29 is 27.8 Å². The largest absolute Gasteiger partial charge is 0.418 e. The maximum absolute atomic E-state index is 13.9. The number of nitrogens with zero attached hydrogens (tertiary/aromatic N) is 5. The summed E-state index contributed by atoms with van der Waals surface area (Å²) in [7, 11) is 0. The summed E-state index contributed by atoms with van der Waals surface area (Å²) in [4.78, 5) is 4.09. The van der Waals surface area contributed by atoms with Gasteiger partial charge in [0.1, 0.15) is 46.4 Å². The Hall–Kier alpha value is -2.46. The zero-order chi connectivity index (χ0) is 26.6. The first-order valence-corrected chi connectivity index (χ1v) is 12.4. The number of hydrazine groups is 1. The summed E-state index contributed by atoms with van der Waals surface area (Å²) in [6, 6.07) is 2.28. The third-order valence-electron chi connectivity index (χ3n) is 6.10. The summed E-state index contributed by atoms with van der Waals surface area (Å²) in [5.74, 6) is 6.37. The van der Waals surface area contributed by atoms with E-state index in [1.165, 1.54) is 34.0 Å². The van der Waals surface area contributed by atoms with Crippen molar-refractivity contribution in [2.75, 3.05) is 6.61 Å². The minimum absolute atomic E-state index is 0.0508. The molecule has 2 aliphatic heterocycles. The molecule has 5 atom stereocenters. The van der Waals surface area contributed by atoms with E-state index in [2.05, 4.69) is 15.2 Å². The van der Waals surface area contributed by atoms with Crippen molar-refractivity contribution in [3.05, 3.63) is 62.2 Å². The number of benzene rings is 1. The molecule has 1 aromatic carbocycles.